The standard InChI is InChI=1S/C21H19ClN4O/c1-13-11-15-5-3-4-6-19(15)26(13)21(27)18-12-20(24-14(2)23-18)25-17-9-7-16(22)8-10-17/h3-10,12-13H,11H2,1-2H3,(H,23,24,25). The van der Waals surface area contributed by atoms with Crippen LogP contribution >= 0.6 is 11.6 Å². The molecule has 1 unspecified atom stereocenters. The third-order valence-corrected chi connectivity index (χ3v) is 4.85. The van der Waals surface area contributed by atoms with E-state index in [1.165, 1.54) is 5.56 Å². The number of rotatable bonds is 3. The maximum Gasteiger partial charge on any atom is 0.277 e. The fraction of sp³-hybridized carbons (Fsp3) is 0.190. The number of halogens is 1. The number of para-hydroxylation sites is 1. The fourth-order valence-electron chi connectivity index (χ4n) is 3.42. The molecule has 0 radical (unpaired) electrons. The molecule has 0 saturated carbocycles. The molecule has 0 fully saturated rings. The minimum atomic E-state index is -0.114. The lowest BCUT2D eigenvalue weighted by Gasteiger charge is -2.22. The van der Waals surface area contributed by atoms with Gasteiger partial charge in [0.05, 0.1) is 0 Å². The number of carbonyl (C=O) groups is 1. The molecule has 0 saturated heterocycles. The summed E-state index contributed by atoms with van der Waals surface area (Å²) in [6.07, 6.45) is 0.849. The van der Waals surface area contributed by atoms with Crippen molar-refractivity contribution in [3.8, 4) is 0 Å². The Balaban J connectivity index is 1.65. The summed E-state index contributed by atoms with van der Waals surface area (Å²) in [4.78, 5) is 23.8. The lowest BCUT2D eigenvalue weighted by Crippen LogP contribution is -2.36. The van der Waals surface area contributed by atoms with E-state index in [4.69, 9.17) is 11.6 Å². The molecule has 2 aromatic carbocycles. The van der Waals surface area contributed by atoms with Crippen molar-refractivity contribution in [1.29, 1.82) is 0 Å². The summed E-state index contributed by atoms with van der Waals surface area (Å²) < 4.78 is 0. The number of benzene rings is 2. The molecule has 1 amide bonds. The van der Waals surface area contributed by atoms with Gasteiger partial charge in [0.15, 0.2) is 0 Å². The molecule has 136 valence electrons. The Labute approximate surface area is 163 Å². The SMILES string of the molecule is Cc1nc(Nc2ccc(Cl)cc2)cc(C(=O)N2c3ccccc3CC2C)n1. The highest BCUT2D eigenvalue weighted by Gasteiger charge is 2.32. The highest BCUT2D eigenvalue weighted by Crippen LogP contribution is 2.33. The van der Waals surface area contributed by atoms with Crippen LogP contribution in [0.2, 0.25) is 5.02 Å². The normalized spacial score (nSPS) is 15.5. The summed E-state index contributed by atoms with van der Waals surface area (Å²) >= 11 is 5.93. The van der Waals surface area contributed by atoms with E-state index >= 15 is 0 Å². The average Bonchev–Trinajstić information content (AvgIpc) is 2.98. The van der Waals surface area contributed by atoms with Crippen LogP contribution in [-0.4, -0.2) is 21.9 Å². The van der Waals surface area contributed by atoms with Gasteiger partial charge >= 0.3 is 0 Å². The zero-order valence-electron chi connectivity index (χ0n) is 15.1. The molecule has 1 N–H and O–H groups in total. The van der Waals surface area contributed by atoms with Gasteiger partial charge in [-0.2, -0.15) is 0 Å². The molecule has 27 heavy (non-hydrogen) atoms. The number of hydrogen-bond acceptors (Lipinski definition) is 4. The van der Waals surface area contributed by atoms with Gasteiger partial charge in [0.2, 0.25) is 0 Å². The van der Waals surface area contributed by atoms with Gasteiger partial charge in [-0.3, -0.25) is 4.79 Å². The Morgan fingerprint density at radius 3 is 2.67 bits per heavy atom. The average molecular weight is 379 g/mol. The number of aromatic nitrogens is 2. The van der Waals surface area contributed by atoms with Crippen LogP contribution in [0.15, 0.2) is 54.6 Å². The molecule has 1 atom stereocenters. The van der Waals surface area contributed by atoms with Crippen LogP contribution in [0.3, 0.4) is 0 Å². The van der Waals surface area contributed by atoms with E-state index in [0.29, 0.717) is 22.4 Å². The third-order valence-electron chi connectivity index (χ3n) is 4.60. The summed E-state index contributed by atoms with van der Waals surface area (Å²) in [5.74, 6) is 1.00. The van der Waals surface area contributed by atoms with Gasteiger partial charge in [-0.05, 0) is 56.2 Å². The maximum absolute atomic E-state index is 13.2. The molecule has 5 nitrogen and oxygen atoms in total. The molecule has 1 aliphatic rings. The van der Waals surface area contributed by atoms with E-state index in [2.05, 4.69) is 28.3 Å². The zero-order chi connectivity index (χ0) is 19.0. The number of carbonyl (C=O) groups excluding carboxylic acids is 1. The van der Waals surface area contributed by atoms with Crippen molar-refractivity contribution in [3.63, 3.8) is 0 Å². The van der Waals surface area contributed by atoms with Crippen molar-refractivity contribution in [2.24, 2.45) is 0 Å². The van der Waals surface area contributed by atoms with Crippen molar-refractivity contribution in [3.05, 3.63) is 76.7 Å². The zero-order valence-corrected chi connectivity index (χ0v) is 15.9. The van der Waals surface area contributed by atoms with Crippen molar-refractivity contribution >= 4 is 34.7 Å². The van der Waals surface area contributed by atoms with Crippen LogP contribution in [0.5, 0.6) is 0 Å². The topological polar surface area (TPSA) is 58.1 Å². The highest BCUT2D eigenvalue weighted by atomic mass is 35.5. The Bertz CT molecular complexity index is 1000. The fourth-order valence-corrected chi connectivity index (χ4v) is 3.55. The van der Waals surface area contributed by atoms with Crippen LogP contribution in [-0.2, 0) is 6.42 Å². The number of hydrogen-bond donors (Lipinski definition) is 1. The number of nitrogens with one attached hydrogen (secondary N) is 1. The summed E-state index contributed by atoms with van der Waals surface area (Å²) in [7, 11) is 0. The van der Waals surface area contributed by atoms with E-state index in [1.54, 1.807) is 25.1 Å². The first-order valence-corrected chi connectivity index (χ1v) is 9.19. The van der Waals surface area contributed by atoms with Gasteiger partial charge in [-0.25, -0.2) is 9.97 Å². The molecule has 4 rings (SSSR count). The van der Waals surface area contributed by atoms with Crippen LogP contribution in [0.25, 0.3) is 0 Å². The predicted molar refractivity (Wildman–Crippen MR) is 108 cm³/mol. The molecule has 3 aromatic rings. The van der Waals surface area contributed by atoms with Crippen LogP contribution in [0, 0.1) is 6.92 Å². The van der Waals surface area contributed by atoms with Gasteiger partial charge in [0, 0.05) is 28.5 Å². The predicted octanol–water partition coefficient (Wildman–Crippen LogP) is 4.77. The van der Waals surface area contributed by atoms with Gasteiger partial charge < -0.3 is 10.2 Å². The third kappa shape index (κ3) is 3.51. The van der Waals surface area contributed by atoms with Crippen molar-refractivity contribution in [2.45, 2.75) is 26.3 Å². The molecular weight excluding hydrogens is 360 g/mol. The van der Waals surface area contributed by atoms with Crippen molar-refractivity contribution < 1.29 is 4.79 Å². The number of fused-ring (bicyclic) bond motifs is 1. The minimum Gasteiger partial charge on any atom is -0.340 e. The number of anilines is 3. The summed E-state index contributed by atoms with van der Waals surface area (Å²) in [5.41, 5.74) is 3.36. The second-order valence-electron chi connectivity index (χ2n) is 6.67. The smallest absolute Gasteiger partial charge is 0.277 e. The van der Waals surface area contributed by atoms with Gasteiger partial charge in [0.1, 0.15) is 17.3 Å². The molecule has 1 aromatic heterocycles. The Kier molecular flexibility index (Phi) is 4.54. The Morgan fingerprint density at radius 2 is 1.89 bits per heavy atom. The molecule has 0 aliphatic carbocycles. The van der Waals surface area contributed by atoms with E-state index in [-0.39, 0.29) is 11.9 Å². The second-order valence-corrected chi connectivity index (χ2v) is 7.11. The first-order valence-electron chi connectivity index (χ1n) is 8.81. The van der Waals surface area contributed by atoms with E-state index < -0.39 is 0 Å². The Morgan fingerprint density at radius 1 is 1.15 bits per heavy atom. The maximum atomic E-state index is 13.2. The van der Waals surface area contributed by atoms with Crippen LogP contribution < -0.4 is 10.2 Å². The number of amides is 1. The largest absolute Gasteiger partial charge is 0.340 e. The van der Waals surface area contributed by atoms with Gasteiger partial charge in [0.25, 0.3) is 5.91 Å². The van der Waals surface area contributed by atoms with E-state index in [1.807, 2.05) is 35.2 Å². The molecular formula is C21H19ClN4O. The first kappa shape index (κ1) is 17.5. The molecule has 0 bridgehead atoms. The summed E-state index contributed by atoms with van der Waals surface area (Å²) in [5, 5.41) is 3.87. The van der Waals surface area contributed by atoms with Crippen molar-refractivity contribution in [2.75, 3.05) is 10.2 Å². The molecule has 6 heteroatoms. The number of aryl methyl sites for hydroxylation is 1. The molecule has 1 aliphatic heterocycles. The molecule has 2 heterocycles. The second kappa shape index (κ2) is 7.00. The lowest BCUT2D eigenvalue weighted by atomic mass is 10.1. The van der Waals surface area contributed by atoms with E-state index in [9.17, 15) is 4.79 Å². The first-order chi connectivity index (χ1) is 13.0. The minimum absolute atomic E-state index is 0.0952. The van der Waals surface area contributed by atoms with Crippen molar-refractivity contribution in [1.82, 2.24) is 9.97 Å². The quantitative estimate of drug-likeness (QED) is 0.713. The lowest BCUT2D eigenvalue weighted by molar-refractivity contribution is 0.0976. The Hall–Kier alpha value is -2.92. The van der Waals surface area contributed by atoms with Gasteiger partial charge in [-0.15, -0.1) is 0 Å². The van der Waals surface area contributed by atoms with Crippen LogP contribution in [0.4, 0.5) is 17.2 Å². The van der Waals surface area contributed by atoms with Gasteiger partial charge in [-0.1, -0.05) is 29.8 Å². The summed E-state index contributed by atoms with van der Waals surface area (Å²) in [6.45, 7) is 3.84. The van der Waals surface area contributed by atoms with E-state index in [0.717, 1.165) is 17.8 Å². The molecule has 0 spiro atoms. The summed E-state index contributed by atoms with van der Waals surface area (Å²) in [6, 6.07) is 17.1. The highest BCUT2D eigenvalue weighted by molar-refractivity contribution is 6.30. The monoisotopic (exact) mass is 378 g/mol. The van der Waals surface area contributed by atoms with Crippen LogP contribution in [0.1, 0.15) is 28.8 Å². The number of nitrogens with zero attached hydrogens (tertiary/aromatic N) is 3.